The third kappa shape index (κ3) is 6.62. The molecule has 0 aromatic heterocycles. The summed E-state index contributed by atoms with van der Waals surface area (Å²) in [4.78, 5) is 10.7. The first-order valence-electron chi connectivity index (χ1n) is 6.39. The Kier molecular flexibility index (Phi) is 7.35. The molecule has 0 aliphatic rings. The van der Waals surface area contributed by atoms with Gasteiger partial charge in [0.25, 0.3) is 0 Å². The molecule has 1 aromatic rings. The van der Waals surface area contributed by atoms with Crippen LogP contribution in [-0.2, 0) is 4.74 Å². The van der Waals surface area contributed by atoms with E-state index in [0.29, 0.717) is 19.0 Å². The normalized spacial score (nSPS) is 10.1. The molecule has 0 amide bonds. The van der Waals surface area contributed by atoms with Gasteiger partial charge in [-0.3, -0.25) is 0 Å². The van der Waals surface area contributed by atoms with Crippen LogP contribution in [0.15, 0.2) is 36.9 Å². The van der Waals surface area contributed by atoms with E-state index in [-0.39, 0.29) is 5.56 Å². The summed E-state index contributed by atoms with van der Waals surface area (Å²) in [5, 5.41) is 8.75. The number of hydrogen-bond donors (Lipinski definition) is 1. The standard InChI is InChI=1S/C15H20O4/c1-2-3-4-10-18-11-5-12-19-14-8-6-13(7-9-14)15(16)17/h2,6-9H,1,3-5,10-12H2,(H,16,17). The molecule has 1 rings (SSSR count). The van der Waals surface area contributed by atoms with E-state index in [2.05, 4.69) is 6.58 Å². The highest BCUT2D eigenvalue weighted by Crippen LogP contribution is 2.12. The van der Waals surface area contributed by atoms with Gasteiger partial charge in [0, 0.05) is 19.6 Å². The SMILES string of the molecule is C=CCCCOCCCOc1ccc(C(=O)O)cc1. The van der Waals surface area contributed by atoms with Crippen LogP contribution < -0.4 is 4.74 Å². The summed E-state index contributed by atoms with van der Waals surface area (Å²) < 4.78 is 10.9. The van der Waals surface area contributed by atoms with Crippen molar-refractivity contribution in [3.05, 3.63) is 42.5 Å². The molecule has 0 saturated carbocycles. The summed E-state index contributed by atoms with van der Waals surface area (Å²) in [5.74, 6) is -0.254. The van der Waals surface area contributed by atoms with E-state index in [4.69, 9.17) is 14.6 Å². The molecule has 0 fully saturated rings. The Morgan fingerprint density at radius 1 is 1.16 bits per heavy atom. The molecule has 4 heteroatoms. The van der Waals surface area contributed by atoms with Gasteiger partial charge in [0.05, 0.1) is 12.2 Å². The molecule has 4 nitrogen and oxygen atoms in total. The van der Waals surface area contributed by atoms with Gasteiger partial charge in [-0.25, -0.2) is 4.79 Å². The number of allylic oxidation sites excluding steroid dienone is 1. The largest absolute Gasteiger partial charge is 0.494 e. The second-order valence-corrected chi connectivity index (χ2v) is 4.07. The van der Waals surface area contributed by atoms with Crippen LogP contribution >= 0.6 is 0 Å². The van der Waals surface area contributed by atoms with Crippen LogP contribution in [-0.4, -0.2) is 30.9 Å². The Morgan fingerprint density at radius 2 is 1.84 bits per heavy atom. The van der Waals surface area contributed by atoms with Crippen LogP contribution in [0, 0.1) is 0 Å². The van der Waals surface area contributed by atoms with Crippen molar-refractivity contribution in [1.29, 1.82) is 0 Å². The summed E-state index contributed by atoms with van der Waals surface area (Å²) in [6.07, 6.45) is 4.68. The van der Waals surface area contributed by atoms with Crippen LogP contribution in [0.4, 0.5) is 0 Å². The first-order chi connectivity index (χ1) is 9.24. The fourth-order valence-electron chi connectivity index (χ4n) is 1.48. The highest BCUT2D eigenvalue weighted by atomic mass is 16.5. The number of carbonyl (C=O) groups is 1. The maximum absolute atomic E-state index is 10.7. The van der Waals surface area contributed by atoms with Gasteiger partial charge in [-0.2, -0.15) is 0 Å². The molecule has 0 radical (unpaired) electrons. The Morgan fingerprint density at radius 3 is 2.47 bits per heavy atom. The lowest BCUT2D eigenvalue weighted by atomic mass is 10.2. The molecule has 0 spiro atoms. The molecule has 0 heterocycles. The monoisotopic (exact) mass is 264 g/mol. The summed E-state index contributed by atoms with van der Waals surface area (Å²) >= 11 is 0. The first kappa shape index (κ1) is 15.2. The molecule has 0 aliphatic heterocycles. The van der Waals surface area contributed by atoms with Gasteiger partial charge in [0.15, 0.2) is 0 Å². The third-order valence-corrected chi connectivity index (χ3v) is 2.50. The van der Waals surface area contributed by atoms with E-state index in [0.717, 1.165) is 25.9 Å². The van der Waals surface area contributed by atoms with Gasteiger partial charge in [-0.1, -0.05) is 6.08 Å². The number of ether oxygens (including phenoxy) is 2. The molecule has 19 heavy (non-hydrogen) atoms. The molecular weight excluding hydrogens is 244 g/mol. The van der Waals surface area contributed by atoms with Crippen LogP contribution in [0.1, 0.15) is 29.6 Å². The summed E-state index contributed by atoms with van der Waals surface area (Å²) in [5.41, 5.74) is 0.262. The van der Waals surface area contributed by atoms with Crippen LogP contribution in [0.5, 0.6) is 5.75 Å². The maximum Gasteiger partial charge on any atom is 0.335 e. The average molecular weight is 264 g/mol. The number of unbranched alkanes of at least 4 members (excludes halogenated alkanes) is 1. The van der Waals surface area contributed by atoms with E-state index >= 15 is 0 Å². The summed E-state index contributed by atoms with van der Waals surface area (Å²) in [7, 11) is 0. The lowest BCUT2D eigenvalue weighted by Crippen LogP contribution is -2.04. The average Bonchev–Trinajstić information content (AvgIpc) is 2.42. The molecule has 0 aliphatic carbocycles. The van der Waals surface area contributed by atoms with Crippen molar-refractivity contribution in [3.8, 4) is 5.75 Å². The Labute approximate surface area is 113 Å². The number of rotatable bonds is 10. The number of benzene rings is 1. The zero-order chi connectivity index (χ0) is 13.9. The Balaban J connectivity index is 2.09. The number of carboxylic acid groups (broad SMARTS) is 1. The number of aromatic carboxylic acids is 1. The van der Waals surface area contributed by atoms with Crippen LogP contribution in [0.2, 0.25) is 0 Å². The van der Waals surface area contributed by atoms with E-state index in [1.807, 2.05) is 6.08 Å². The zero-order valence-electron chi connectivity index (χ0n) is 11.0. The van der Waals surface area contributed by atoms with E-state index in [1.165, 1.54) is 12.1 Å². The Bertz CT molecular complexity index is 384. The molecule has 1 N–H and O–H groups in total. The van der Waals surface area contributed by atoms with Gasteiger partial charge < -0.3 is 14.6 Å². The van der Waals surface area contributed by atoms with Crippen molar-refractivity contribution in [2.24, 2.45) is 0 Å². The highest BCUT2D eigenvalue weighted by Gasteiger charge is 2.01. The van der Waals surface area contributed by atoms with Crippen LogP contribution in [0.3, 0.4) is 0 Å². The first-order valence-corrected chi connectivity index (χ1v) is 6.39. The predicted octanol–water partition coefficient (Wildman–Crippen LogP) is 3.14. The van der Waals surface area contributed by atoms with Crippen molar-refractivity contribution in [1.82, 2.24) is 0 Å². The molecular formula is C15H20O4. The second kappa shape index (κ2) is 9.16. The lowest BCUT2D eigenvalue weighted by Gasteiger charge is -2.07. The van der Waals surface area contributed by atoms with Gasteiger partial charge in [-0.05, 0) is 37.1 Å². The minimum absolute atomic E-state index is 0.262. The number of hydrogen-bond acceptors (Lipinski definition) is 3. The Hall–Kier alpha value is -1.81. The molecule has 0 bridgehead atoms. The van der Waals surface area contributed by atoms with Crippen molar-refractivity contribution in [3.63, 3.8) is 0 Å². The second-order valence-electron chi connectivity index (χ2n) is 4.07. The minimum atomic E-state index is -0.931. The van der Waals surface area contributed by atoms with Crippen LogP contribution in [0.25, 0.3) is 0 Å². The minimum Gasteiger partial charge on any atom is -0.494 e. The summed E-state index contributed by atoms with van der Waals surface area (Å²) in [6, 6.07) is 6.38. The van der Waals surface area contributed by atoms with E-state index < -0.39 is 5.97 Å². The van der Waals surface area contributed by atoms with Gasteiger partial charge in [-0.15, -0.1) is 6.58 Å². The van der Waals surface area contributed by atoms with Crippen molar-refractivity contribution >= 4 is 5.97 Å². The smallest absolute Gasteiger partial charge is 0.335 e. The molecule has 0 atom stereocenters. The van der Waals surface area contributed by atoms with E-state index in [9.17, 15) is 4.79 Å². The maximum atomic E-state index is 10.7. The van der Waals surface area contributed by atoms with Crippen molar-refractivity contribution in [2.75, 3.05) is 19.8 Å². The molecule has 1 aromatic carbocycles. The molecule has 104 valence electrons. The fraction of sp³-hybridized carbons (Fsp3) is 0.400. The van der Waals surface area contributed by atoms with Gasteiger partial charge >= 0.3 is 5.97 Å². The number of carboxylic acids is 1. The third-order valence-electron chi connectivity index (χ3n) is 2.50. The lowest BCUT2D eigenvalue weighted by molar-refractivity contribution is 0.0697. The van der Waals surface area contributed by atoms with Gasteiger partial charge in [0.2, 0.25) is 0 Å². The fourth-order valence-corrected chi connectivity index (χ4v) is 1.48. The van der Waals surface area contributed by atoms with E-state index in [1.54, 1.807) is 12.1 Å². The zero-order valence-corrected chi connectivity index (χ0v) is 11.0. The molecule has 0 unspecified atom stereocenters. The summed E-state index contributed by atoms with van der Waals surface area (Å²) in [6.45, 7) is 5.63. The highest BCUT2D eigenvalue weighted by molar-refractivity contribution is 5.87. The topological polar surface area (TPSA) is 55.8 Å². The van der Waals surface area contributed by atoms with Gasteiger partial charge in [0.1, 0.15) is 5.75 Å². The van der Waals surface area contributed by atoms with Crippen molar-refractivity contribution < 1.29 is 19.4 Å². The van der Waals surface area contributed by atoms with Crippen molar-refractivity contribution in [2.45, 2.75) is 19.3 Å². The quantitative estimate of drug-likeness (QED) is 0.521. The predicted molar refractivity (Wildman–Crippen MR) is 73.8 cm³/mol. The molecule has 0 saturated heterocycles.